The topological polar surface area (TPSA) is 102 Å². The van der Waals surface area contributed by atoms with Gasteiger partial charge >= 0.3 is 5.97 Å². The number of nitrogens with one attached hydrogen (secondary N) is 1. The number of halogens is 1. The maximum Gasteiger partial charge on any atom is 0.330 e. The molecule has 8 heteroatoms. The summed E-state index contributed by atoms with van der Waals surface area (Å²) < 4.78 is 4.75. The Morgan fingerprint density at radius 3 is 2.79 bits per heavy atom. The summed E-state index contributed by atoms with van der Waals surface area (Å²) >= 11 is 0. The van der Waals surface area contributed by atoms with E-state index in [1.54, 1.807) is 13.0 Å². The number of hydrogen-bond acceptors (Lipinski definition) is 6. The smallest absolute Gasteiger partial charge is 0.330 e. The van der Waals surface area contributed by atoms with Gasteiger partial charge in [-0.25, -0.2) is 4.79 Å². The maximum absolute atomic E-state index is 11.4. The molecule has 19 heavy (non-hydrogen) atoms. The standard InChI is InChI=1S/C11H14N2O5.ClH/c1-2-18-11(15)10(7-14)12-8-4-3-5-9(6-8)13(16)17;/h3-6,10,12,14H,2,7H2,1H3;1H/t10-;/m0./s1. The van der Waals surface area contributed by atoms with Gasteiger partial charge in [0.15, 0.2) is 0 Å². The highest BCUT2D eigenvalue weighted by molar-refractivity contribution is 5.85. The summed E-state index contributed by atoms with van der Waals surface area (Å²) in [4.78, 5) is 21.5. The molecule has 0 heterocycles. The van der Waals surface area contributed by atoms with Crippen molar-refractivity contribution in [1.82, 2.24) is 0 Å². The lowest BCUT2D eigenvalue weighted by atomic mass is 10.2. The van der Waals surface area contributed by atoms with Gasteiger partial charge in [-0.1, -0.05) is 6.07 Å². The molecule has 0 bridgehead atoms. The Bertz CT molecular complexity index is 441. The van der Waals surface area contributed by atoms with E-state index in [-0.39, 0.29) is 24.7 Å². The van der Waals surface area contributed by atoms with Crippen LogP contribution in [0.2, 0.25) is 0 Å². The van der Waals surface area contributed by atoms with E-state index in [1.165, 1.54) is 18.2 Å². The average molecular weight is 291 g/mol. The third-order valence-electron chi connectivity index (χ3n) is 2.15. The van der Waals surface area contributed by atoms with Crippen molar-refractivity contribution in [2.75, 3.05) is 18.5 Å². The second-order valence-corrected chi connectivity index (χ2v) is 3.44. The highest BCUT2D eigenvalue weighted by Gasteiger charge is 2.19. The number of nitro benzene ring substituents is 1. The van der Waals surface area contributed by atoms with Crippen LogP contribution in [-0.2, 0) is 9.53 Å². The molecule has 0 amide bonds. The van der Waals surface area contributed by atoms with Crippen LogP contribution in [0.4, 0.5) is 11.4 Å². The van der Waals surface area contributed by atoms with Crippen molar-refractivity contribution >= 4 is 29.8 Å². The molecule has 0 aromatic heterocycles. The van der Waals surface area contributed by atoms with Crippen molar-refractivity contribution < 1.29 is 19.6 Å². The number of benzene rings is 1. The van der Waals surface area contributed by atoms with Gasteiger partial charge in [0, 0.05) is 17.8 Å². The number of carbonyl (C=O) groups excluding carboxylic acids is 1. The van der Waals surface area contributed by atoms with Gasteiger partial charge in [0.05, 0.1) is 18.1 Å². The van der Waals surface area contributed by atoms with Crippen LogP contribution in [-0.4, -0.2) is 35.3 Å². The number of non-ortho nitro benzene ring substituents is 1. The third-order valence-corrected chi connectivity index (χ3v) is 2.15. The zero-order valence-electron chi connectivity index (χ0n) is 10.2. The van der Waals surface area contributed by atoms with Crippen LogP contribution in [0.3, 0.4) is 0 Å². The van der Waals surface area contributed by atoms with Crippen molar-refractivity contribution in [3.05, 3.63) is 34.4 Å². The van der Waals surface area contributed by atoms with Crippen LogP contribution < -0.4 is 5.32 Å². The molecule has 1 aromatic carbocycles. The Hall–Kier alpha value is -1.86. The van der Waals surface area contributed by atoms with Gasteiger partial charge in [0.1, 0.15) is 6.04 Å². The van der Waals surface area contributed by atoms with E-state index in [4.69, 9.17) is 9.84 Å². The summed E-state index contributed by atoms with van der Waals surface area (Å²) in [6, 6.07) is 4.73. The fraction of sp³-hybridized carbons (Fsp3) is 0.364. The van der Waals surface area contributed by atoms with Crippen molar-refractivity contribution in [3.63, 3.8) is 0 Å². The van der Waals surface area contributed by atoms with Gasteiger partial charge in [-0.15, -0.1) is 12.4 Å². The Labute approximate surface area is 116 Å². The minimum Gasteiger partial charge on any atom is -0.464 e. The second-order valence-electron chi connectivity index (χ2n) is 3.44. The van der Waals surface area contributed by atoms with Crippen molar-refractivity contribution in [2.24, 2.45) is 0 Å². The number of carbonyl (C=O) groups is 1. The van der Waals surface area contributed by atoms with E-state index in [1.807, 2.05) is 0 Å². The number of aliphatic hydroxyl groups is 1. The largest absolute Gasteiger partial charge is 0.464 e. The van der Waals surface area contributed by atoms with Crippen LogP contribution in [0.5, 0.6) is 0 Å². The number of nitro groups is 1. The molecule has 0 saturated heterocycles. The summed E-state index contributed by atoms with van der Waals surface area (Å²) in [6.45, 7) is 1.40. The molecule has 0 radical (unpaired) electrons. The van der Waals surface area contributed by atoms with Gasteiger partial charge in [0.2, 0.25) is 0 Å². The molecule has 0 unspecified atom stereocenters. The predicted octanol–water partition coefficient (Wildman–Crippen LogP) is 1.35. The van der Waals surface area contributed by atoms with Gasteiger partial charge in [-0.3, -0.25) is 10.1 Å². The number of esters is 1. The first-order chi connectivity index (χ1) is 8.58. The number of nitrogens with zero attached hydrogens (tertiary/aromatic N) is 1. The quantitative estimate of drug-likeness (QED) is 0.466. The fourth-order valence-corrected chi connectivity index (χ4v) is 1.33. The molecule has 0 fully saturated rings. The van der Waals surface area contributed by atoms with Gasteiger partial charge in [-0.05, 0) is 13.0 Å². The van der Waals surface area contributed by atoms with Crippen LogP contribution in [0.15, 0.2) is 24.3 Å². The first-order valence-electron chi connectivity index (χ1n) is 5.37. The Morgan fingerprint density at radius 1 is 1.58 bits per heavy atom. The second kappa shape index (κ2) is 8.28. The summed E-state index contributed by atoms with van der Waals surface area (Å²) in [5.41, 5.74) is 0.275. The minimum atomic E-state index is -0.938. The molecule has 0 aliphatic rings. The molecule has 2 N–H and O–H groups in total. The van der Waals surface area contributed by atoms with Gasteiger partial charge in [-0.2, -0.15) is 0 Å². The fourth-order valence-electron chi connectivity index (χ4n) is 1.33. The molecular weight excluding hydrogens is 276 g/mol. The van der Waals surface area contributed by atoms with Gasteiger partial charge in [0.25, 0.3) is 5.69 Å². The van der Waals surface area contributed by atoms with E-state index in [9.17, 15) is 14.9 Å². The first kappa shape index (κ1) is 17.1. The zero-order valence-corrected chi connectivity index (χ0v) is 11.1. The normalized spacial score (nSPS) is 11.1. The Kier molecular flexibility index (Phi) is 7.47. The first-order valence-corrected chi connectivity index (χ1v) is 5.37. The van der Waals surface area contributed by atoms with Crippen molar-refractivity contribution in [2.45, 2.75) is 13.0 Å². The summed E-state index contributed by atoms with van der Waals surface area (Å²) in [7, 11) is 0. The highest BCUT2D eigenvalue weighted by Crippen LogP contribution is 2.17. The molecule has 0 aliphatic carbocycles. The number of aliphatic hydroxyl groups excluding tert-OH is 1. The molecule has 7 nitrogen and oxygen atoms in total. The number of hydrogen-bond donors (Lipinski definition) is 2. The molecule has 106 valence electrons. The number of anilines is 1. The lowest BCUT2D eigenvalue weighted by Gasteiger charge is -2.15. The van der Waals surface area contributed by atoms with E-state index in [0.29, 0.717) is 5.69 Å². The average Bonchev–Trinajstić information content (AvgIpc) is 2.36. The zero-order chi connectivity index (χ0) is 13.5. The van der Waals surface area contributed by atoms with Crippen molar-refractivity contribution in [1.29, 1.82) is 0 Å². The van der Waals surface area contributed by atoms with E-state index in [2.05, 4.69) is 5.32 Å². The van der Waals surface area contributed by atoms with E-state index < -0.39 is 23.5 Å². The Morgan fingerprint density at radius 2 is 2.26 bits per heavy atom. The van der Waals surface area contributed by atoms with Crippen molar-refractivity contribution in [3.8, 4) is 0 Å². The van der Waals surface area contributed by atoms with E-state index in [0.717, 1.165) is 0 Å². The summed E-state index contributed by atoms with van der Waals surface area (Å²) in [5, 5.41) is 22.3. The molecule has 1 rings (SSSR count). The summed E-state index contributed by atoms with van der Waals surface area (Å²) in [6.07, 6.45) is 0. The third kappa shape index (κ3) is 5.11. The van der Waals surface area contributed by atoms with Crippen LogP contribution in [0.1, 0.15) is 6.92 Å². The van der Waals surface area contributed by atoms with Crippen LogP contribution in [0.25, 0.3) is 0 Å². The lowest BCUT2D eigenvalue weighted by Crippen LogP contribution is -2.34. The molecule has 0 saturated carbocycles. The monoisotopic (exact) mass is 290 g/mol. The SMILES string of the molecule is CCOC(=O)[C@H](CO)Nc1cccc([N+](=O)[O-])c1.Cl. The number of rotatable bonds is 6. The minimum absolute atomic E-state index is 0. The Balaban J connectivity index is 0.00000324. The predicted molar refractivity (Wildman–Crippen MR) is 71.5 cm³/mol. The van der Waals surface area contributed by atoms with E-state index >= 15 is 0 Å². The number of ether oxygens (including phenoxy) is 1. The van der Waals surface area contributed by atoms with Crippen LogP contribution >= 0.6 is 12.4 Å². The molecule has 1 aromatic rings. The molecular formula is C11H15ClN2O5. The summed E-state index contributed by atoms with van der Waals surface area (Å²) in [5.74, 6) is -0.605. The maximum atomic E-state index is 11.4. The van der Waals surface area contributed by atoms with Crippen LogP contribution in [0, 0.1) is 10.1 Å². The molecule has 0 aliphatic heterocycles. The molecule has 0 spiro atoms. The molecule has 1 atom stereocenters. The highest BCUT2D eigenvalue weighted by atomic mass is 35.5. The lowest BCUT2D eigenvalue weighted by molar-refractivity contribution is -0.384. The van der Waals surface area contributed by atoms with Gasteiger partial charge < -0.3 is 15.2 Å².